The predicted octanol–water partition coefficient (Wildman–Crippen LogP) is 1.00. The van der Waals surface area contributed by atoms with Crippen LogP contribution in [-0.4, -0.2) is 41.7 Å². The molecule has 1 aliphatic heterocycles. The first-order valence-corrected chi connectivity index (χ1v) is 6.56. The molecule has 1 aliphatic rings. The minimum absolute atomic E-state index is 0.0974. The van der Waals surface area contributed by atoms with Crippen LogP contribution in [0.5, 0.6) is 0 Å². The lowest BCUT2D eigenvalue weighted by atomic mass is 9.80. The van der Waals surface area contributed by atoms with Gasteiger partial charge in [0.1, 0.15) is 5.69 Å². The van der Waals surface area contributed by atoms with Crippen LogP contribution in [0.1, 0.15) is 29.0 Å². The molecule has 0 bridgehead atoms. The van der Waals surface area contributed by atoms with Crippen LogP contribution in [0.2, 0.25) is 0 Å². The van der Waals surface area contributed by atoms with Crippen molar-refractivity contribution in [1.29, 1.82) is 0 Å². The average molecular weight is 278 g/mol. The van der Waals surface area contributed by atoms with Crippen LogP contribution in [0.15, 0.2) is 18.2 Å². The van der Waals surface area contributed by atoms with Crippen molar-refractivity contribution in [3.05, 3.63) is 29.6 Å². The van der Waals surface area contributed by atoms with E-state index in [1.165, 1.54) is 0 Å². The molecule has 1 saturated heterocycles. The average Bonchev–Trinajstić information content (AvgIpc) is 2.45. The highest BCUT2D eigenvalue weighted by Gasteiger charge is 2.40. The maximum Gasteiger partial charge on any atom is 0.311 e. The van der Waals surface area contributed by atoms with Gasteiger partial charge in [-0.1, -0.05) is 6.07 Å². The van der Waals surface area contributed by atoms with Gasteiger partial charge in [0.05, 0.1) is 5.41 Å². The van der Waals surface area contributed by atoms with E-state index in [1.807, 2.05) is 0 Å². The molecule has 1 aromatic rings. The minimum atomic E-state index is -0.933. The lowest BCUT2D eigenvalue weighted by Crippen LogP contribution is -2.46. The second-order valence-corrected chi connectivity index (χ2v) is 5.04. The lowest BCUT2D eigenvalue weighted by molar-refractivity contribution is -0.154. The Morgan fingerprint density at radius 2 is 2.10 bits per heavy atom. The maximum atomic E-state index is 12.0. The topological polar surface area (TPSA) is 88.5 Å². The van der Waals surface area contributed by atoms with Crippen LogP contribution < -0.4 is 5.32 Å². The number of ether oxygens (including phenoxy) is 1. The molecule has 2 rings (SSSR count). The van der Waals surface area contributed by atoms with E-state index in [1.54, 1.807) is 25.1 Å². The van der Waals surface area contributed by atoms with Gasteiger partial charge in [0.25, 0.3) is 5.91 Å². The summed E-state index contributed by atoms with van der Waals surface area (Å²) in [6.07, 6.45) is 0.813. The van der Waals surface area contributed by atoms with E-state index in [0.717, 1.165) is 5.69 Å². The highest BCUT2D eigenvalue weighted by molar-refractivity contribution is 5.92. The van der Waals surface area contributed by atoms with Crippen molar-refractivity contribution in [3.63, 3.8) is 0 Å². The van der Waals surface area contributed by atoms with Gasteiger partial charge in [-0.25, -0.2) is 4.98 Å². The summed E-state index contributed by atoms with van der Waals surface area (Å²) in [7, 11) is 0. The Hall–Kier alpha value is -1.95. The summed E-state index contributed by atoms with van der Waals surface area (Å²) in [5, 5.41) is 12.1. The summed E-state index contributed by atoms with van der Waals surface area (Å²) in [6, 6.07) is 5.16. The largest absolute Gasteiger partial charge is 0.481 e. The fourth-order valence-corrected chi connectivity index (χ4v) is 2.24. The molecule has 2 N–H and O–H groups in total. The predicted molar refractivity (Wildman–Crippen MR) is 71.4 cm³/mol. The lowest BCUT2D eigenvalue weighted by Gasteiger charge is -2.33. The molecule has 1 fully saturated rings. The molecule has 1 aromatic heterocycles. The second kappa shape index (κ2) is 6.00. The Labute approximate surface area is 117 Å². The van der Waals surface area contributed by atoms with Gasteiger partial charge in [0.15, 0.2) is 0 Å². The van der Waals surface area contributed by atoms with Crippen molar-refractivity contribution in [2.45, 2.75) is 19.8 Å². The number of aryl methyl sites for hydroxylation is 1. The Kier molecular flexibility index (Phi) is 4.34. The molecule has 0 saturated carbocycles. The molecule has 6 heteroatoms. The molecule has 0 aliphatic carbocycles. The minimum Gasteiger partial charge on any atom is -0.481 e. The summed E-state index contributed by atoms with van der Waals surface area (Å²) in [5.74, 6) is -1.24. The van der Waals surface area contributed by atoms with Crippen molar-refractivity contribution in [2.24, 2.45) is 5.41 Å². The number of carboxylic acid groups (broad SMARTS) is 1. The monoisotopic (exact) mass is 278 g/mol. The van der Waals surface area contributed by atoms with E-state index in [-0.39, 0.29) is 12.5 Å². The van der Waals surface area contributed by atoms with Crippen molar-refractivity contribution in [3.8, 4) is 0 Å². The van der Waals surface area contributed by atoms with Crippen LogP contribution >= 0.6 is 0 Å². The van der Waals surface area contributed by atoms with E-state index >= 15 is 0 Å². The third-order valence-corrected chi connectivity index (χ3v) is 3.61. The molecule has 0 atom stereocenters. The number of carboxylic acids is 1. The number of rotatable bonds is 4. The fraction of sp³-hybridized carbons (Fsp3) is 0.500. The number of aromatic nitrogens is 1. The molecule has 20 heavy (non-hydrogen) atoms. The zero-order valence-corrected chi connectivity index (χ0v) is 11.4. The van der Waals surface area contributed by atoms with Gasteiger partial charge >= 0.3 is 5.97 Å². The molecule has 0 spiro atoms. The number of carbonyl (C=O) groups is 2. The van der Waals surface area contributed by atoms with Crippen molar-refractivity contribution < 1.29 is 19.4 Å². The zero-order valence-electron chi connectivity index (χ0n) is 11.4. The van der Waals surface area contributed by atoms with Crippen LogP contribution in [-0.2, 0) is 9.53 Å². The van der Waals surface area contributed by atoms with E-state index in [4.69, 9.17) is 4.74 Å². The van der Waals surface area contributed by atoms with E-state index in [0.29, 0.717) is 31.7 Å². The normalized spacial score (nSPS) is 17.4. The Morgan fingerprint density at radius 3 is 2.70 bits per heavy atom. The first-order chi connectivity index (χ1) is 9.53. The summed E-state index contributed by atoms with van der Waals surface area (Å²) in [4.78, 5) is 27.6. The molecule has 6 nitrogen and oxygen atoms in total. The number of carbonyl (C=O) groups excluding carboxylic acids is 1. The zero-order chi connectivity index (χ0) is 14.6. The molecule has 1 amide bonds. The van der Waals surface area contributed by atoms with Crippen LogP contribution in [0, 0.1) is 12.3 Å². The van der Waals surface area contributed by atoms with Gasteiger partial charge in [-0.3, -0.25) is 9.59 Å². The van der Waals surface area contributed by atoms with Crippen molar-refractivity contribution >= 4 is 11.9 Å². The highest BCUT2D eigenvalue weighted by Crippen LogP contribution is 2.30. The smallest absolute Gasteiger partial charge is 0.311 e. The highest BCUT2D eigenvalue weighted by atomic mass is 16.5. The second-order valence-electron chi connectivity index (χ2n) is 5.04. The maximum absolute atomic E-state index is 12.0. The molecule has 0 unspecified atom stereocenters. The first-order valence-electron chi connectivity index (χ1n) is 6.56. The van der Waals surface area contributed by atoms with Gasteiger partial charge < -0.3 is 15.2 Å². The number of nitrogens with one attached hydrogen (secondary N) is 1. The van der Waals surface area contributed by atoms with Crippen LogP contribution in [0.4, 0.5) is 0 Å². The quantitative estimate of drug-likeness (QED) is 0.857. The SMILES string of the molecule is Cc1cccc(C(=O)NCC2(C(=O)O)CCOCC2)n1. The van der Waals surface area contributed by atoms with Gasteiger partial charge in [-0.15, -0.1) is 0 Å². The van der Waals surface area contributed by atoms with Crippen LogP contribution in [0.3, 0.4) is 0 Å². The molecule has 0 radical (unpaired) electrons. The molecule has 2 heterocycles. The number of amides is 1. The van der Waals surface area contributed by atoms with Gasteiger partial charge in [0.2, 0.25) is 0 Å². The van der Waals surface area contributed by atoms with Gasteiger partial charge in [0, 0.05) is 25.5 Å². The van der Waals surface area contributed by atoms with Gasteiger partial charge in [-0.2, -0.15) is 0 Å². The van der Waals surface area contributed by atoms with Crippen molar-refractivity contribution in [2.75, 3.05) is 19.8 Å². The third kappa shape index (κ3) is 3.14. The first kappa shape index (κ1) is 14.5. The van der Waals surface area contributed by atoms with E-state index in [9.17, 15) is 14.7 Å². The molecule has 108 valence electrons. The molecular formula is C14H18N2O4. The number of hydrogen-bond donors (Lipinski definition) is 2. The summed E-state index contributed by atoms with van der Waals surface area (Å²) in [6.45, 7) is 2.71. The third-order valence-electron chi connectivity index (χ3n) is 3.61. The fourth-order valence-electron chi connectivity index (χ4n) is 2.24. The van der Waals surface area contributed by atoms with Gasteiger partial charge in [-0.05, 0) is 31.9 Å². The molecular weight excluding hydrogens is 260 g/mol. The van der Waals surface area contributed by atoms with Crippen molar-refractivity contribution in [1.82, 2.24) is 10.3 Å². The summed E-state index contributed by atoms with van der Waals surface area (Å²) < 4.78 is 5.19. The molecule has 0 aromatic carbocycles. The summed E-state index contributed by atoms with van der Waals surface area (Å²) in [5.41, 5.74) is 0.117. The number of nitrogens with zero attached hydrogens (tertiary/aromatic N) is 1. The van der Waals surface area contributed by atoms with E-state index < -0.39 is 11.4 Å². The Bertz CT molecular complexity index is 510. The number of pyridine rings is 1. The Balaban J connectivity index is 2.02. The number of hydrogen-bond acceptors (Lipinski definition) is 4. The summed E-state index contributed by atoms with van der Waals surface area (Å²) >= 11 is 0. The number of aliphatic carboxylic acids is 1. The van der Waals surface area contributed by atoms with Crippen LogP contribution in [0.25, 0.3) is 0 Å². The standard InChI is InChI=1S/C14H18N2O4/c1-10-3-2-4-11(16-10)12(17)15-9-14(13(18)19)5-7-20-8-6-14/h2-4H,5-9H2,1H3,(H,15,17)(H,18,19). The Morgan fingerprint density at radius 1 is 1.40 bits per heavy atom. The van der Waals surface area contributed by atoms with E-state index in [2.05, 4.69) is 10.3 Å².